The molecule has 0 unspecified atom stereocenters. The van der Waals surface area contributed by atoms with Gasteiger partial charge in [-0.25, -0.2) is 0 Å². The van der Waals surface area contributed by atoms with E-state index in [0.29, 0.717) is 11.8 Å². The van der Waals surface area contributed by atoms with Crippen LogP contribution in [0.2, 0.25) is 3.67 Å². The van der Waals surface area contributed by atoms with Crippen molar-refractivity contribution in [2.75, 3.05) is 0 Å². The van der Waals surface area contributed by atoms with Crippen molar-refractivity contribution in [1.82, 2.24) is 0 Å². The van der Waals surface area contributed by atoms with Crippen molar-refractivity contribution < 1.29 is 15.7 Å². The normalized spacial score (nSPS) is 18.1. The summed E-state index contributed by atoms with van der Waals surface area (Å²) in [6, 6.07) is 23.8. The fourth-order valence-electron chi connectivity index (χ4n) is 8.42. The van der Waals surface area contributed by atoms with Crippen LogP contribution in [0.25, 0.3) is 11.1 Å². The van der Waals surface area contributed by atoms with E-state index >= 15 is 0 Å². The summed E-state index contributed by atoms with van der Waals surface area (Å²) >= 11 is -5.40. The molecule has 45 heavy (non-hydrogen) atoms. The van der Waals surface area contributed by atoms with E-state index in [1.54, 1.807) is 0 Å². The quantitative estimate of drug-likeness (QED) is 0.225. The molecule has 3 heteroatoms. The second kappa shape index (κ2) is 11.9. The average molecular weight is 806 g/mol. The van der Waals surface area contributed by atoms with Gasteiger partial charge in [0, 0.05) is 0 Å². The van der Waals surface area contributed by atoms with Crippen LogP contribution in [0, 0.1) is 5.92 Å². The molecular weight excluding hydrogens is 754 g/mol. The van der Waals surface area contributed by atoms with Crippen LogP contribution >= 0.6 is 17.2 Å². The summed E-state index contributed by atoms with van der Waals surface area (Å²) in [6.07, 6.45) is 15.2. The van der Waals surface area contributed by atoms with Gasteiger partial charge in [0.1, 0.15) is 0 Å². The van der Waals surface area contributed by atoms with E-state index in [4.69, 9.17) is 17.2 Å². The molecule has 0 nitrogen and oxygen atoms in total. The van der Waals surface area contributed by atoms with Crippen molar-refractivity contribution in [3.8, 4) is 11.1 Å². The first kappa shape index (κ1) is 33.4. The van der Waals surface area contributed by atoms with E-state index in [0.717, 1.165) is 0 Å². The van der Waals surface area contributed by atoms with Crippen LogP contribution in [-0.4, -0.2) is 3.26 Å². The molecule has 3 aliphatic rings. The first-order valence-corrected chi connectivity index (χ1v) is 32.1. The molecule has 0 aliphatic heterocycles. The van der Waals surface area contributed by atoms with Gasteiger partial charge in [0.05, 0.1) is 0 Å². The third kappa shape index (κ3) is 5.80. The number of hydrogen-bond donors (Lipinski definition) is 0. The Kier molecular flexibility index (Phi) is 8.79. The van der Waals surface area contributed by atoms with Gasteiger partial charge in [-0.3, -0.25) is 0 Å². The van der Waals surface area contributed by atoms with Crippen LogP contribution < -0.4 is 0 Å². The van der Waals surface area contributed by atoms with Crippen LogP contribution in [0.1, 0.15) is 130 Å². The standard InChI is InChI=1S/C21H25.C16H22.C5H5.2ClH.Hf/c1-20(2,3)16-7-9-18-14(12-16)11-15-13-17(21(4,5)6)8-10-19(15)18;1-13(2)16-10-8-15(9-11-16)12-14-6-4-3-5-7-14;1-2-4-5-3-1;;;/h7-13H,1-6H3;8-11,13-14H,3-7H2,1-2H3;1-5H;2*1H;/q;;;;;+2/p-2. The molecule has 238 valence electrons. The minimum atomic E-state index is -5.40. The maximum atomic E-state index is 8.88. The van der Waals surface area contributed by atoms with Crippen LogP contribution in [0.3, 0.4) is 0 Å². The van der Waals surface area contributed by atoms with Crippen molar-refractivity contribution >= 4 is 20.4 Å². The third-order valence-corrected chi connectivity index (χ3v) is 40.1. The van der Waals surface area contributed by atoms with Gasteiger partial charge in [-0.2, -0.15) is 0 Å². The van der Waals surface area contributed by atoms with Crippen LogP contribution in [0.5, 0.6) is 0 Å². The molecule has 0 saturated heterocycles. The molecule has 3 aromatic carbocycles. The Bertz CT molecular complexity index is 1650. The summed E-state index contributed by atoms with van der Waals surface area (Å²) in [7, 11) is 17.8. The van der Waals surface area contributed by atoms with Gasteiger partial charge in [-0.05, 0) is 0 Å². The topological polar surface area (TPSA) is 0 Å². The first-order valence-electron chi connectivity index (χ1n) is 17.3. The number of fused-ring (bicyclic) bond motifs is 3. The zero-order chi connectivity index (χ0) is 32.4. The summed E-state index contributed by atoms with van der Waals surface area (Å²) in [4.78, 5) is 0. The SMILES string of the molecule is CC(C)c1ccc([C](C2CCCCC2)=[Hf]([Cl])([Cl])([CH]2C=CC=C2)[CH]2c3cc(C(C)(C)C)ccc3-c3ccc(C(C)(C)C)cc32)cc1. The average Bonchev–Trinajstić information content (AvgIpc) is 3.65. The molecule has 3 aliphatic carbocycles. The number of benzene rings is 3. The number of rotatable bonds is 5. The number of halogens is 2. The molecule has 0 spiro atoms. The number of allylic oxidation sites excluding steroid dienone is 4. The Morgan fingerprint density at radius 2 is 1.18 bits per heavy atom. The van der Waals surface area contributed by atoms with E-state index in [9.17, 15) is 0 Å². The zero-order valence-electron chi connectivity index (χ0n) is 28.7. The van der Waals surface area contributed by atoms with Gasteiger partial charge in [-0.1, -0.05) is 0 Å². The van der Waals surface area contributed by atoms with Crippen molar-refractivity contribution in [1.29, 1.82) is 0 Å². The molecule has 0 bridgehead atoms. The Labute approximate surface area is 281 Å². The van der Waals surface area contributed by atoms with Gasteiger partial charge in [0.2, 0.25) is 0 Å². The van der Waals surface area contributed by atoms with E-state index in [2.05, 4.69) is 140 Å². The summed E-state index contributed by atoms with van der Waals surface area (Å²) in [5.41, 5.74) is 10.7. The molecule has 1 fully saturated rings. The predicted molar refractivity (Wildman–Crippen MR) is 196 cm³/mol. The molecule has 1 saturated carbocycles. The van der Waals surface area contributed by atoms with E-state index < -0.39 is 15.7 Å². The molecule has 0 atom stereocenters. The summed E-state index contributed by atoms with van der Waals surface area (Å²) in [5, 5.41) is 0. The van der Waals surface area contributed by atoms with Crippen LogP contribution in [0.15, 0.2) is 85.0 Å². The van der Waals surface area contributed by atoms with E-state index in [-0.39, 0.29) is 18.2 Å². The maximum absolute atomic E-state index is 8.88. The first-order chi connectivity index (χ1) is 21.1. The molecule has 3 aromatic rings. The Morgan fingerprint density at radius 1 is 0.689 bits per heavy atom. The monoisotopic (exact) mass is 806 g/mol. The summed E-state index contributed by atoms with van der Waals surface area (Å²) in [6.45, 7) is 18.4. The van der Waals surface area contributed by atoms with Gasteiger partial charge >= 0.3 is 283 Å². The Morgan fingerprint density at radius 3 is 1.62 bits per heavy atom. The van der Waals surface area contributed by atoms with Crippen molar-refractivity contribution in [2.45, 2.75) is 112 Å². The second-order valence-electron chi connectivity index (χ2n) is 16.5. The van der Waals surface area contributed by atoms with E-state index in [1.165, 1.54) is 79.9 Å². The zero-order valence-corrected chi connectivity index (χ0v) is 33.8. The second-order valence-corrected chi connectivity index (χ2v) is 46.1. The van der Waals surface area contributed by atoms with Crippen molar-refractivity contribution in [3.05, 3.63) is 118 Å². The van der Waals surface area contributed by atoms with Gasteiger partial charge < -0.3 is 0 Å². The molecule has 0 aromatic heterocycles. The van der Waals surface area contributed by atoms with E-state index in [1.807, 2.05) is 0 Å². The summed E-state index contributed by atoms with van der Waals surface area (Å²) in [5.74, 6) is 0.883. The third-order valence-electron chi connectivity index (χ3n) is 11.1. The van der Waals surface area contributed by atoms with Gasteiger partial charge in [0.25, 0.3) is 0 Å². The molecule has 0 amide bonds. The molecule has 6 rings (SSSR count). The predicted octanol–water partition coefficient (Wildman–Crippen LogP) is 13.2. The molecule has 0 N–H and O–H groups in total. The van der Waals surface area contributed by atoms with Crippen LogP contribution in [-0.2, 0) is 26.5 Å². The Balaban J connectivity index is 1.78. The molecular formula is C42H52Cl2Hf. The van der Waals surface area contributed by atoms with Crippen LogP contribution in [0.4, 0.5) is 0 Å². The summed E-state index contributed by atoms with van der Waals surface area (Å²) < 4.78 is 1.43. The Hall–Kier alpha value is -1.54. The molecule has 0 heterocycles. The number of hydrogen-bond acceptors (Lipinski definition) is 0. The van der Waals surface area contributed by atoms with Crippen molar-refractivity contribution in [3.63, 3.8) is 0 Å². The fourth-order valence-corrected chi connectivity index (χ4v) is 38.3. The van der Waals surface area contributed by atoms with Crippen molar-refractivity contribution in [2.24, 2.45) is 5.92 Å². The molecule has 0 radical (unpaired) electrons. The van der Waals surface area contributed by atoms with Gasteiger partial charge in [-0.15, -0.1) is 0 Å². The fraction of sp³-hybridized carbons (Fsp3) is 0.452. The van der Waals surface area contributed by atoms with Gasteiger partial charge in [0.15, 0.2) is 0 Å². The minimum absolute atomic E-state index is 0.0195.